The summed E-state index contributed by atoms with van der Waals surface area (Å²) in [7, 11) is 0.801. The molecule has 0 saturated carbocycles. The zero-order valence-electron chi connectivity index (χ0n) is 12.5. The number of benzene rings is 1. The minimum absolute atomic E-state index is 0.117. The van der Waals surface area contributed by atoms with Crippen molar-refractivity contribution in [2.75, 3.05) is 43.2 Å². The van der Waals surface area contributed by atoms with Gasteiger partial charge in [0.15, 0.2) is 0 Å². The van der Waals surface area contributed by atoms with Gasteiger partial charge in [-0.05, 0) is 18.2 Å². The highest BCUT2D eigenvalue weighted by Gasteiger charge is 2.43. The molecule has 10 heteroatoms. The Kier molecular flexibility index (Phi) is 4.97. The Bertz CT molecular complexity index is 608. The van der Waals surface area contributed by atoms with E-state index in [0.717, 1.165) is 19.2 Å². The number of hydrogen-bond acceptors (Lipinski definition) is 3. The Morgan fingerprint density at radius 3 is 2.21 bits per heavy atom. The first-order chi connectivity index (χ1) is 11.0. The van der Waals surface area contributed by atoms with E-state index in [1.54, 1.807) is 4.90 Å². The molecule has 0 unspecified atom stereocenters. The summed E-state index contributed by atoms with van der Waals surface area (Å²) in [5.74, 6) is -2.24. The summed E-state index contributed by atoms with van der Waals surface area (Å²) >= 11 is 0. The third kappa shape index (κ3) is 3.92. The average molecular weight is 356 g/mol. The maximum atomic E-state index is 12.9. The normalized spacial score (nSPS) is 16.2. The molecule has 0 aliphatic carbocycles. The van der Waals surface area contributed by atoms with Crippen molar-refractivity contribution in [1.29, 1.82) is 0 Å². The highest BCUT2D eigenvalue weighted by molar-refractivity contribution is 5.99. The minimum Gasteiger partial charge on any atom is -0.378 e. The number of carbonyl (C=O) groups is 1. The lowest BCUT2D eigenvalue weighted by molar-refractivity contribution is -0.170. The van der Waals surface area contributed by atoms with Gasteiger partial charge in [-0.1, -0.05) is 0 Å². The molecule has 4 nitrogen and oxygen atoms in total. The van der Waals surface area contributed by atoms with Crippen molar-refractivity contribution < 1.29 is 35.9 Å². The minimum atomic E-state index is -5.19. The third-order valence-corrected chi connectivity index (χ3v) is 3.56. The molecule has 0 atom stereocenters. The van der Waals surface area contributed by atoms with E-state index < -0.39 is 29.5 Å². The highest BCUT2D eigenvalue weighted by Crippen LogP contribution is 2.38. The van der Waals surface area contributed by atoms with Crippen LogP contribution < -0.4 is 9.80 Å². The summed E-state index contributed by atoms with van der Waals surface area (Å²) in [6, 6.07) is 2.40. The molecule has 1 fully saturated rings. The first-order valence-electron chi connectivity index (χ1n) is 6.90. The van der Waals surface area contributed by atoms with Gasteiger partial charge in [-0.15, -0.1) is 0 Å². The van der Waals surface area contributed by atoms with E-state index in [0.29, 0.717) is 19.2 Å². The predicted molar refractivity (Wildman–Crippen MR) is 73.9 cm³/mol. The maximum absolute atomic E-state index is 12.9. The van der Waals surface area contributed by atoms with Gasteiger partial charge in [0.05, 0.1) is 30.2 Å². The molecule has 0 N–H and O–H groups in total. The van der Waals surface area contributed by atoms with E-state index in [1.165, 1.54) is 0 Å². The molecule has 0 bridgehead atoms. The smallest absolute Gasteiger partial charge is 0.378 e. The number of anilines is 2. The van der Waals surface area contributed by atoms with E-state index in [9.17, 15) is 31.1 Å². The van der Waals surface area contributed by atoms with Gasteiger partial charge in [-0.25, -0.2) is 0 Å². The van der Waals surface area contributed by atoms with Crippen LogP contribution in [-0.4, -0.2) is 45.4 Å². The molecule has 24 heavy (non-hydrogen) atoms. The number of rotatable bonds is 2. The van der Waals surface area contributed by atoms with Crippen LogP contribution in [0, 0.1) is 0 Å². The number of amides is 1. The molecule has 0 spiro atoms. The fourth-order valence-corrected chi connectivity index (χ4v) is 2.34. The second kappa shape index (κ2) is 6.50. The molecule has 1 saturated heterocycles. The van der Waals surface area contributed by atoms with Crippen molar-refractivity contribution in [2.45, 2.75) is 12.4 Å². The van der Waals surface area contributed by atoms with Gasteiger partial charge in [-0.2, -0.15) is 26.3 Å². The molecule has 1 aromatic carbocycles. The Balaban J connectivity index is 2.49. The lowest BCUT2D eigenvalue weighted by Crippen LogP contribution is -2.41. The van der Waals surface area contributed by atoms with Crippen molar-refractivity contribution >= 4 is 17.3 Å². The number of nitrogens with zero attached hydrogens (tertiary/aromatic N) is 2. The third-order valence-electron chi connectivity index (χ3n) is 3.56. The van der Waals surface area contributed by atoms with Crippen LogP contribution in [0.15, 0.2) is 18.2 Å². The van der Waals surface area contributed by atoms with E-state index in [2.05, 4.69) is 0 Å². The SMILES string of the molecule is CN(C(=O)C(F)(F)F)c1cc(C(F)(F)F)ccc1N1CCOCC1. The van der Waals surface area contributed by atoms with Crippen LogP contribution in [0.25, 0.3) is 0 Å². The second-order valence-corrected chi connectivity index (χ2v) is 5.16. The number of carbonyl (C=O) groups excluding carboxylic acids is 1. The summed E-state index contributed by atoms with van der Waals surface area (Å²) in [6.07, 6.45) is -9.92. The van der Waals surface area contributed by atoms with Gasteiger partial charge in [0, 0.05) is 20.1 Å². The molecule has 1 heterocycles. The molecule has 1 aliphatic heterocycles. The molecule has 134 valence electrons. The number of alkyl halides is 6. The lowest BCUT2D eigenvalue weighted by Gasteiger charge is -2.33. The fourth-order valence-electron chi connectivity index (χ4n) is 2.34. The Hall–Kier alpha value is -1.97. The molecule has 0 radical (unpaired) electrons. The molecule has 0 aromatic heterocycles. The summed E-state index contributed by atoms with van der Waals surface area (Å²) in [5, 5.41) is 0. The number of morpholine rings is 1. The summed E-state index contributed by atoms with van der Waals surface area (Å²) in [5.41, 5.74) is -1.46. The average Bonchev–Trinajstić information content (AvgIpc) is 2.52. The molecule has 1 aromatic rings. The van der Waals surface area contributed by atoms with E-state index in [-0.39, 0.29) is 23.8 Å². The van der Waals surface area contributed by atoms with Crippen molar-refractivity contribution in [3.63, 3.8) is 0 Å². The van der Waals surface area contributed by atoms with Crippen molar-refractivity contribution in [2.24, 2.45) is 0 Å². The van der Waals surface area contributed by atoms with Crippen LogP contribution in [0.1, 0.15) is 5.56 Å². The van der Waals surface area contributed by atoms with Gasteiger partial charge in [-0.3, -0.25) is 4.79 Å². The van der Waals surface area contributed by atoms with E-state index in [4.69, 9.17) is 4.74 Å². The van der Waals surface area contributed by atoms with Gasteiger partial charge in [0.1, 0.15) is 0 Å². The molecular formula is C14H14F6N2O2. The van der Waals surface area contributed by atoms with Crippen molar-refractivity contribution in [3.05, 3.63) is 23.8 Å². The zero-order valence-corrected chi connectivity index (χ0v) is 12.5. The zero-order chi connectivity index (χ0) is 18.1. The first-order valence-corrected chi connectivity index (χ1v) is 6.90. The largest absolute Gasteiger partial charge is 0.471 e. The Labute approximate surface area is 133 Å². The van der Waals surface area contributed by atoms with Crippen LogP contribution in [0.3, 0.4) is 0 Å². The fraction of sp³-hybridized carbons (Fsp3) is 0.500. The summed E-state index contributed by atoms with van der Waals surface area (Å²) in [4.78, 5) is 13.2. The van der Waals surface area contributed by atoms with Crippen LogP contribution in [0.4, 0.5) is 37.7 Å². The number of hydrogen-bond donors (Lipinski definition) is 0. The molecule has 1 amide bonds. The van der Waals surface area contributed by atoms with Gasteiger partial charge < -0.3 is 14.5 Å². The molecular weight excluding hydrogens is 342 g/mol. The van der Waals surface area contributed by atoms with Gasteiger partial charge in [0.25, 0.3) is 0 Å². The monoisotopic (exact) mass is 356 g/mol. The lowest BCUT2D eigenvalue weighted by atomic mass is 10.1. The highest BCUT2D eigenvalue weighted by atomic mass is 19.4. The predicted octanol–water partition coefficient (Wildman–Crippen LogP) is 3.07. The van der Waals surface area contributed by atoms with Crippen LogP contribution >= 0.6 is 0 Å². The topological polar surface area (TPSA) is 32.8 Å². The van der Waals surface area contributed by atoms with E-state index in [1.807, 2.05) is 0 Å². The first kappa shape index (κ1) is 18.4. The van der Waals surface area contributed by atoms with Gasteiger partial charge >= 0.3 is 18.3 Å². The maximum Gasteiger partial charge on any atom is 0.471 e. The molecule has 2 rings (SSSR count). The summed E-state index contributed by atoms with van der Waals surface area (Å²) in [6.45, 7) is 1.17. The number of ether oxygens (including phenoxy) is 1. The van der Waals surface area contributed by atoms with Crippen LogP contribution in [0.2, 0.25) is 0 Å². The Morgan fingerprint density at radius 1 is 1.12 bits per heavy atom. The van der Waals surface area contributed by atoms with Crippen LogP contribution in [0.5, 0.6) is 0 Å². The van der Waals surface area contributed by atoms with E-state index >= 15 is 0 Å². The second-order valence-electron chi connectivity index (χ2n) is 5.16. The summed E-state index contributed by atoms with van der Waals surface area (Å²) < 4.78 is 81.7. The van der Waals surface area contributed by atoms with Gasteiger partial charge in [0.2, 0.25) is 0 Å². The standard InChI is InChI=1S/C14H14F6N2O2/c1-21(12(23)14(18,19)20)11-8-9(13(15,16)17)2-3-10(11)22-4-6-24-7-5-22/h2-3,8H,4-7H2,1H3. The van der Waals surface area contributed by atoms with Crippen molar-refractivity contribution in [1.82, 2.24) is 0 Å². The Morgan fingerprint density at radius 2 is 1.71 bits per heavy atom. The quantitative estimate of drug-likeness (QED) is 0.764. The van der Waals surface area contributed by atoms with Crippen molar-refractivity contribution in [3.8, 4) is 0 Å². The molecule has 1 aliphatic rings. The van der Waals surface area contributed by atoms with Crippen LogP contribution in [-0.2, 0) is 15.7 Å². The number of halogens is 6.